The maximum absolute atomic E-state index is 13.2. The van der Waals surface area contributed by atoms with E-state index in [0.29, 0.717) is 33.4 Å². The zero-order valence-corrected chi connectivity index (χ0v) is 18.7. The average molecular weight is 453 g/mol. The molecule has 8 nitrogen and oxygen atoms in total. The molecule has 3 aromatic heterocycles. The van der Waals surface area contributed by atoms with Gasteiger partial charge in [0.1, 0.15) is 22.6 Å². The van der Waals surface area contributed by atoms with Crippen LogP contribution in [0, 0.1) is 13.8 Å². The monoisotopic (exact) mass is 452 g/mol. The molecule has 1 aromatic carbocycles. The van der Waals surface area contributed by atoms with Crippen LogP contribution in [0.25, 0.3) is 22.3 Å². The standard InChI is InChI=1S/C23H21ClN4O4/c1-11-7-15(13(3)31-17-5-6-18(24)27-19(17)23(25)30)22-16(8-11)20(29)12(2)21(32-22)14-9-26-28(4)10-14/h5-10,13H,1-4H3,(H2,25,30)/t13-/m1/s1. The smallest absolute Gasteiger partial charge is 0.271 e. The third kappa shape index (κ3) is 3.85. The highest BCUT2D eigenvalue weighted by atomic mass is 35.5. The van der Waals surface area contributed by atoms with E-state index in [1.54, 1.807) is 44.0 Å². The number of ether oxygens (including phenoxy) is 1. The van der Waals surface area contributed by atoms with Gasteiger partial charge in [-0.2, -0.15) is 5.10 Å². The fourth-order valence-electron chi connectivity index (χ4n) is 3.63. The highest BCUT2D eigenvalue weighted by Crippen LogP contribution is 2.33. The number of carbonyl (C=O) groups excluding carboxylic acids is 1. The molecule has 0 aliphatic heterocycles. The fourth-order valence-corrected chi connectivity index (χ4v) is 3.78. The number of fused-ring (bicyclic) bond motifs is 1. The van der Waals surface area contributed by atoms with Gasteiger partial charge in [0.2, 0.25) is 0 Å². The molecule has 1 amide bonds. The number of aryl methyl sites for hydroxylation is 2. The van der Waals surface area contributed by atoms with E-state index < -0.39 is 12.0 Å². The first-order valence-corrected chi connectivity index (χ1v) is 10.2. The van der Waals surface area contributed by atoms with Gasteiger partial charge in [0.25, 0.3) is 5.91 Å². The number of nitrogens with zero attached hydrogens (tertiary/aromatic N) is 3. The van der Waals surface area contributed by atoms with Crippen LogP contribution in [0.2, 0.25) is 5.15 Å². The topological polar surface area (TPSA) is 113 Å². The van der Waals surface area contributed by atoms with Crippen LogP contribution < -0.4 is 15.9 Å². The van der Waals surface area contributed by atoms with Crippen LogP contribution in [0.3, 0.4) is 0 Å². The van der Waals surface area contributed by atoms with E-state index in [0.717, 1.165) is 5.56 Å². The lowest BCUT2D eigenvalue weighted by molar-refractivity contribution is 0.0988. The number of primary amides is 1. The van der Waals surface area contributed by atoms with Crippen molar-refractivity contribution in [3.05, 3.63) is 74.4 Å². The summed E-state index contributed by atoms with van der Waals surface area (Å²) in [6, 6.07) is 6.71. The van der Waals surface area contributed by atoms with Crippen molar-refractivity contribution in [1.29, 1.82) is 0 Å². The van der Waals surface area contributed by atoms with Gasteiger partial charge in [0.05, 0.1) is 17.1 Å². The number of rotatable bonds is 5. The molecule has 1 atom stereocenters. The number of aromatic nitrogens is 3. The number of benzene rings is 1. The molecule has 9 heteroatoms. The molecule has 3 heterocycles. The lowest BCUT2D eigenvalue weighted by atomic mass is 10.0. The van der Waals surface area contributed by atoms with Gasteiger partial charge < -0.3 is 14.9 Å². The minimum Gasteiger partial charge on any atom is -0.483 e. The second kappa shape index (κ2) is 8.12. The quantitative estimate of drug-likeness (QED) is 0.456. The highest BCUT2D eigenvalue weighted by molar-refractivity contribution is 6.29. The molecule has 4 rings (SSSR count). The summed E-state index contributed by atoms with van der Waals surface area (Å²) in [5.74, 6) is -0.130. The van der Waals surface area contributed by atoms with Gasteiger partial charge in [0.15, 0.2) is 16.9 Å². The van der Waals surface area contributed by atoms with E-state index in [9.17, 15) is 9.59 Å². The van der Waals surface area contributed by atoms with Gasteiger partial charge in [-0.1, -0.05) is 11.6 Å². The normalized spacial score (nSPS) is 12.2. The SMILES string of the molecule is Cc1cc([C@@H](C)Oc2ccc(Cl)nc2C(N)=O)c2oc(-c3cnn(C)c3)c(C)c(=O)c2c1. The molecule has 0 unspecified atom stereocenters. The number of halogens is 1. The van der Waals surface area contributed by atoms with Gasteiger partial charge in [-0.15, -0.1) is 0 Å². The van der Waals surface area contributed by atoms with Crippen molar-refractivity contribution >= 4 is 28.5 Å². The summed E-state index contributed by atoms with van der Waals surface area (Å²) in [7, 11) is 1.79. The molecular formula is C23H21ClN4O4. The van der Waals surface area contributed by atoms with Crippen LogP contribution in [0.4, 0.5) is 0 Å². The second-order valence-electron chi connectivity index (χ2n) is 7.62. The Hall–Kier alpha value is -3.65. The zero-order valence-electron chi connectivity index (χ0n) is 18.0. The van der Waals surface area contributed by atoms with Crippen LogP contribution in [-0.4, -0.2) is 20.7 Å². The Labute approximate surface area is 188 Å². The number of hydrogen-bond acceptors (Lipinski definition) is 6. The molecule has 164 valence electrons. The van der Waals surface area contributed by atoms with Crippen molar-refractivity contribution in [2.75, 3.05) is 0 Å². The summed E-state index contributed by atoms with van der Waals surface area (Å²) in [5, 5.41) is 4.75. The third-order valence-electron chi connectivity index (χ3n) is 5.16. The highest BCUT2D eigenvalue weighted by Gasteiger charge is 2.22. The van der Waals surface area contributed by atoms with Gasteiger partial charge in [-0.3, -0.25) is 14.3 Å². The van der Waals surface area contributed by atoms with E-state index in [1.807, 2.05) is 13.0 Å². The van der Waals surface area contributed by atoms with Gasteiger partial charge >= 0.3 is 0 Å². The maximum Gasteiger partial charge on any atom is 0.271 e. The van der Waals surface area contributed by atoms with Crippen molar-refractivity contribution in [3.63, 3.8) is 0 Å². The minimum atomic E-state index is -0.759. The van der Waals surface area contributed by atoms with E-state index in [1.165, 1.54) is 12.1 Å². The number of nitrogens with two attached hydrogens (primary N) is 1. The second-order valence-corrected chi connectivity index (χ2v) is 8.01. The van der Waals surface area contributed by atoms with Crippen molar-refractivity contribution < 1.29 is 13.9 Å². The minimum absolute atomic E-state index is 0.0744. The summed E-state index contributed by atoms with van der Waals surface area (Å²) in [4.78, 5) is 28.9. The molecule has 0 fully saturated rings. The Morgan fingerprint density at radius 3 is 2.69 bits per heavy atom. The molecule has 0 radical (unpaired) electrons. The first-order valence-electron chi connectivity index (χ1n) is 9.85. The van der Waals surface area contributed by atoms with Crippen molar-refractivity contribution in [3.8, 4) is 17.1 Å². The number of carbonyl (C=O) groups is 1. The molecule has 0 saturated heterocycles. The van der Waals surface area contributed by atoms with Crippen LogP contribution >= 0.6 is 11.6 Å². The molecule has 2 N–H and O–H groups in total. The molecule has 0 saturated carbocycles. The molecule has 4 aromatic rings. The van der Waals surface area contributed by atoms with Gasteiger partial charge in [-0.25, -0.2) is 4.98 Å². The molecule has 0 aliphatic rings. The Bertz CT molecular complexity index is 1420. The van der Waals surface area contributed by atoms with Crippen molar-refractivity contribution in [1.82, 2.24) is 14.8 Å². The Kier molecular flexibility index (Phi) is 5.48. The fraction of sp³-hybridized carbons (Fsp3) is 0.217. The van der Waals surface area contributed by atoms with Crippen LogP contribution in [0.5, 0.6) is 5.75 Å². The Morgan fingerprint density at radius 2 is 2.03 bits per heavy atom. The summed E-state index contributed by atoms with van der Waals surface area (Å²) < 4.78 is 13.9. The predicted octanol–water partition coefficient (Wildman–Crippen LogP) is 4.10. The summed E-state index contributed by atoms with van der Waals surface area (Å²) in [6.07, 6.45) is 2.83. The maximum atomic E-state index is 13.2. The van der Waals surface area contributed by atoms with E-state index in [-0.39, 0.29) is 22.0 Å². The van der Waals surface area contributed by atoms with Gasteiger partial charge in [-0.05, 0) is 50.6 Å². The van der Waals surface area contributed by atoms with Crippen molar-refractivity contribution in [2.24, 2.45) is 12.8 Å². The zero-order chi connectivity index (χ0) is 23.2. The lowest BCUT2D eigenvalue weighted by Crippen LogP contribution is -2.17. The molecule has 0 bridgehead atoms. The Balaban J connectivity index is 1.88. The largest absolute Gasteiger partial charge is 0.483 e. The molecule has 0 aliphatic carbocycles. The molecule has 32 heavy (non-hydrogen) atoms. The average Bonchev–Trinajstić information content (AvgIpc) is 3.17. The number of amides is 1. The summed E-state index contributed by atoms with van der Waals surface area (Å²) >= 11 is 5.89. The molecule has 0 spiro atoms. The number of hydrogen-bond donors (Lipinski definition) is 1. The summed E-state index contributed by atoms with van der Waals surface area (Å²) in [6.45, 7) is 5.41. The van der Waals surface area contributed by atoms with Crippen LogP contribution in [0.15, 0.2) is 45.9 Å². The summed E-state index contributed by atoms with van der Waals surface area (Å²) in [5.41, 5.74) is 8.33. The van der Waals surface area contributed by atoms with E-state index in [4.69, 9.17) is 26.5 Å². The Morgan fingerprint density at radius 1 is 1.28 bits per heavy atom. The van der Waals surface area contributed by atoms with E-state index >= 15 is 0 Å². The third-order valence-corrected chi connectivity index (χ3v) is 5.37. The first kappa shape index (κ1) is 21.6. The van der Waals surface area contributed by atoms with E-state index in [2.05, 4.69) is 10.1 Å². The van der Waals surface area contributed by atoms with Crippen LogP contribution in [-0.2, 0) is 7.05 Å². The predicted molar refractivity (Wildman–Crippen MR) is 121 cm³/mol. The molecular weight excluding hydrogens is 432 g/mol. The van der Waals surface area contributed by atoms with Gasteiger partial charge in [0, 0.05) is 24.4 Å². The lowest BCUT2D eigenvalue weighted by Gasteiger charge is -2.19. The first-order chi connectivity index (χ1) is 15.2. The van der Waals surface area contributed by atoms with Crippen molar-refractivity contribution in [2.45, 2.75) is 26.9 Å². The number of pyridine rings is 1. The van der Waals surface area contributed by atoms with Crippen LogP contribution in [0.1, 0.15) is 40.2 Å².